The molecule has 0 saturated carbocycles. The van der Waals surface area contributed by atoms with Crippen LogP contribution < -0.4 is 5.32 Å². The molecule has 2 nitrogen and oxygen atoms in total. The molecule has 2 heteroatoms. The molecule has 1 fully saturated rings. The molecule has 0 spiro atoms. The Balaban J connectivity index is 1.94. The van der Waals surface area contributed by atoms with Crippen LogP contribution in [0.1, 0.15) is 38.2 Å². The van der Waals surface area contributed by atoms with E-state index >= 15 is 0 Å². The smallest absolute Gasteiger partial charge is 0.140 e. The maximum Gasteiger partial charge on any atom is 0.140 e. The van der Waals surface area contributed by atoms with Gasteiger partial charge >= 0.3 is 0 Å². The van der Waals surface area contributed by atoms with Gasteiger partial charge in [0.25, 0.3) is 0 Å². The summed E-state index contributed by atoms with van der Waals surface area (Å²) < 4.78 is 0. The highest BCUT2D eigenvalue weighted by atomic mass is 16.1. The van der Waals surface area contributed by atoms with Gasteiger partial charge in [0, 0.05) is 18.4 Å². The lowest BCUT2D eigenvalue weighted by molar-refractivity contribution is -0.128. The molecule has 1 aromatic rings. The number of ketones is 1. The maximum atomic E-state index is 12.5. The molecule has 1 aromatic carbocycles. The average molecular weight is 245 g/mol. The summed E-state index contributed by atoms with van der Waals surface area (Å²) in [6.07, 6.45) is 4.72. The molecular weight excluding hydrogens is 222 g/mol. The third-order valence-corrected chi connectivity index (χ3v) is 4.05. The van der Waals surface area contributed by atoms with Crippen LogP contribution in [-0.2, 0) is 11.2 Å². The summed E-state index contributed by atoms with van der Waals surface area (Å²) in [6.45, 7) is 4.05. The van der Waals surface area contributed by atoms with Gasteiger partial charge in [0.1, 0.15) is 5.78 Å². The molecule has 1 N–H and O–H groups in total. The van der Waals surface area contributed by atoms with Gasteiger partial charge in [0.15, 0.2) is 0 Å². The highest BCUT2D eigenvalue weighted by Gasteiger charge is 2.39. The topological polar surface area (TPSA) is 29.1 Å². The van der Waals surface area contributed by atoms with E-state index in [1.807, 2.05) is 18.2 Å². The van der Waals surface area contributed by atoms with E-state index in [-0.39, 0.29) is 5.41 Å². The van der Waals surface area contributed by atoms with Crippen molar-refractivity contribution in [2.45, 2.75) is 39.0 Å². The molecule has 0 aliphatic carbocycles. The molecule has 0 radical (unpaired) electrons. The zero-order valence-electron chi connectivity index (χ0n) is 11.2. The van der Waals surface area contributed by atoms with Gasteiger partial charge in [-0.05, 0) is 31.4 Å². The standard InChI is InChI=1S/C16H23NO/c1-2-10-16(11-12-17-13-16)15(18)9-8-14-6-4-3-5-7-14/h3-7,17H,2,8-13H2,1H3. The molecule has 2 rings (SSSR count). The van der Waals surface area contributed by atoms with E-state index in [1.165, 1.54) is 5.56 Å². The van der Waals surface area contributed by atoms with Crippen molar-refractivity contribution >= 4 is 5.78 Å². The van der Waals surface area contributed by atoms with Crippen molar-refractivity contribution in [3.63, 3.8) is 0 Å². The van der Waals surface area contributed by atoms with E-state index < -0.39 is 0 Å². The maximum absolute atomic E-state index is 12.5. The minimum atomic E-state index is -0.0659. The van der Waals surface area contributed by atoms with Crippen molar-refractivity contribution in [1.82, 2.24) is 5.32 Å². The molecule has 1 atom stereocenters. The van der Waals surface area contributed by atoms with E-state index in [2.05, 4.69) is 24.4 Å². The van der Waals surface area contributed by atoms with Crippen LogP contribution >= 0.6 is 0 Å². The molecule has 1 unspecified atom stereocenters. The van der Waals surface area contributed by atoms with Gasteiger partial charge in [-0.2, -0.15) is 0 Å². The van der Waals surface area contributed by atoms with Crippen molar-refractivity contribution in [2.24, 2.45) is 5.41 Å². The summed E-state index contributed by atoms with van der Waals surface area (Å²) in [5, 5.41) is 3.36. The fraction of sp³-hybridized carbons (Fsp3) is 0.562. The number of hydrogen-bond acceptors (Lipinski definition) is 2. The van der Waals surface area contributed by atoms with E-state index in [0.29, 0.717) is 12.2 Å². The molecular formula is C16H23NO. The van der Waals surface area contributed by atoms with Gasteiger partial charge in [0.05, 0.1) is 0 Å². The highest BCUT2D eigenvalue weighted by Crippen LogP contribution is 2.33. The van der Waals surface area contributed by atoms with Gasteiger partial charge in [-0.1, -0.05) is 43.7 Å². The zero-order chi connectivity index (χ0) is 12.8. The van der Waals surface area contributed by atoms with E-state index in [4.69, 9.17) is 0 Å². The summed E-state index contributed by atoms with van der Waals surface area (Å²) in [4.78, 5) is 12.5. The average Bonchev–Trinajstić information content (AvgIpc) is 2.87. The second kappa shape index (κ2) is 6.14. The van der Waals surface area contributed by atoms with Crippen LogP contribution in [0.3, 0.4) is 0 Å². The Labute approximate surface area is 110 Å². The van der Waals surface area contributed by atoms with E-state index in [9.17, 15) is 4.79 Å². The Bertz CT molecular complexity index is 379. The van der Waals surface area contributed by atoms with Crippen LogP contribution in [0, 0.1) is 5.41 Å². The van der Waals surface area contributed by atoms with Crippen LogP contribution in [0.25, 0.3) is 0 Å². The summed E-state index contributed by atoms with van der Waals surface area (Å²) in [6, 6.07) is 10.3. The Kier molecular flexibility index (Phi) is 4.54. The van der Waals surface area contributed by atoms with Crippen molar-refractivity contribution in [1.29, 1.82) is 0 Å². The molecule has 98 valence electrons. The van der Waals surface area contributed by atoms with E-state index in [0.717, 1.165) is 38.8 Å². The number of hydrogen-bond donors (Lipinski definition) is 1. The van der Waals surface area contributed by atoms with Crippen molar-refractivity contribution in [3.05, 3.63) is 35.9 Å². The fourth-order valence-electron chi connectivity index (χ4n) is 2.98. The molecule has 18 heavy (non-hydrogen) atoms. The summed E-state index contributed by atoms with van der Waals surface area (Å²) in [7, 11) is 0. The first kappa shape index (κ1) is 13.3. The number of nitrogens with one attached hydrogen (secondary N) is 1. The summed E-state index contributed by atoms with van der Waals surface area (Å²) >= 11 is 0. The highest BCUT2D eigenvalue weighted by molar-refractivity contribution is 5.85. The fourth-order valence-corrected chi connectivity index (χ4v) is 2.98. The number of carbonyl (C=O) groups is 1. The van der Waals surface area contributed by atoms with Crippen molar-refractivity contribution < 1.29 is 4.79 Å². The Hall–Kier alpha value is -1.15. The van der Waals surface area contributed by atoms with Gasteiger partial charge in [0.2, 0.25) is 0 Å². The Morgan fingerprint density at radius 3 is 2.72 bits per heavy atom. The van der Waals surface area contributed by atoms with Crippen LogP contribution in [-0.4, -0.2) is 18.9 Å². The van der Waals surface area contributed by atoms with Crippen LogP contribution in [0.4, 0.5) is 0 Å². The summed E-state index contributed by atoms with van der Waals surface area (Å²) in [5.74, 6) is 0.457. The first-order chi connectivity index (χ1) is 8.77. The number of Topliss-reactive ketones (excluding diaryl/α,β-unsaturated/α-hetero) is 1. The van der Waals surface area contributed by atoms with Crippen LogP contribution in [0.2, 0.25) is 0 Å². The normalized spacial score (nSPS) is 23.2. The lowest BCUT2D eigenvalue weighted by Crippen LogP contribution is -2.33. The van der Waals surface area contributed by atoms with Crippen molar-refractivity contribution in [2.75, 3.05) is 13.1 Å². The van der Waals surface area contributed by atoms with Gasteiger partial charge in [-0.15, -0.1) is 0 Å². The lowest BCUT2D eigenvalue weighted by atomic mass is 9.76. The number of benzene rings is 1. The van der Waals surface area contributed by atoms with Gasteiger partial charge < -0.3 is 5.32 Å². The Morgan fingerprint density at radius 2 is 2.11 bits per heavy atom. The first-order valence-corrected chi connectivity index (χ1v) is 7.05. The summed E-state index contributed by atoms with van der Waals surface area (Å²) in [5.41, 5.74) is 1.20. The van der Waals surface area contributed by atoms with Gasteiger partial charge in [-0.25, -0.2) is 0 Å². The second-order valence-electron chi connectivity index (χ2n) is 5.37. The predicted molar refractivity (Wildman–Crippen MR) is 74.6 cm³/mol. The van der Waals surface area contributed by atoms with Crippen molar-refractivity contribution in [3.8, 4) is 0 Å². The van der Waals surface area contributed by atoms with Crippen LogP contribution in [0.15, 0.2) is 30.3 Å². The molecule has 0 aromatic heterocycles. The molecule has 1 aliphatic heterocycles. The number of aryl methyl sites for hydroxylation is 1. The number of carbonyl (C=O) groups excluding carboxylic acids is 1. The zero-order valence-corrected chi connectivity index (χ0v) is 11.2. The molecule has 0 amide bonds. The quantitative estimate of drug-likeness (QED) is 0.835. The minimum absolute atomic E-state index is 0.0659. The SMILES string of the molecule is CCCC1(C(=O)CCc2ccccc2)CCNC1. The first-order valence-electron chi connectivity index (χ1n) is 7.05. The minimum Gasteiger partial charge on any atom is -0.316 e. The lowest BCUT2D eigenvalue weighted by Gasteiger charge is -2.26. The predicted octanol–water partition coefficient (Wildman–Crippen LogP) is 2.97. The van der Waals surface area contributed by atoms with E-state index in [1.54, 1.807) is 0 Å². The van der Waals surface area contributed by atoms with Crippen LogP contribution in [0.5, 0.6) is 0 Å². The second-order valence-corrected chi connectivity index (χ2v) is 5.37. The number of rotatable bonds is 6. The third-order valence-electron chi connectivity index (χ3n) is 4.05. The Morgan fingerprint density at radius 1 is 1.33 bits per heavy atom. The van der Waals surface area contributed by atoms with Gasteiger partial charge in [-0.3, -0.25) is 4.79 Å². The third kappa shape index (κ3) is 2.99. The molecule has 1 saturated heterocycles. The molecule has 1 heterocycles. The molecule has 1 aliphatic rings. The largest absolute Gasteiger partial charge is 0.316 e. The molecule has 0 bridgehead atoms. The monoisotopic (exact) mass is 245 g/mol.